The van der Waals surface area contributed by atoms with E-state index in [1.54, 1.807) is 0 Å². The Morgan fingerprint density at radius 2 is 1.77 bits per heavy atom. The number of nitrogens with one attached hydrogen (secondary N) is 2. The molecule has 0 unspecified atom stereocenters. The lowest BCUT2D eigenvalue weighted by Crippen LogP contribution is -2.52. The molecule has 0 heterocycles. The Hall–Kier alpha value is -1.59. The quantitative estimate of drug-likeness (QED) is 0.781. The van der Waals surface area contributed by atoms with Gasteiger partial charge >= 0.3 is 6.09 Å². The monoisotopic (exact) mass is 306 g/mol. The van der Waals surface area contributed by atoms with Gasteiger partial charge in [-0.3, -0.25) is 0 Å². The molecule has 0 bridgehead atoms. The van der Waals surface area contributed by atoms with Crippen LogP contribution >= 0.6 is 0 Å². The van der Waals surface area contributed by atoms with Crippen LogP contribution in [0.1, 0.15) is 44.7 Å². The first kappa shape index (κ1) is 16.8. The number of amides is 1. The fourth-order valence-electron chi connectivity index (χ4n) is 2.40. The van der Waals surface area contributed by atoms with Crippen molar-refractivity contribution in [2.75, 3.05) is 0 Å². The van der Waals surface area contributed by atoms with E-state index in [9.17, 15) is 4.79 Å². The molecule has 0 aromatic heterocycles. The molecule has 1 saturated carbocycles. The molecule has 1 aromatic rings. The molecular weight excluding hydrogens is 280 g/mol. The Balaban J connectivity index is 1.64. The molecule has 22 heavy (non-hydrogen) atoms. The maximum Gasteiger partial charge on any atom is 0.407 e. The van der Waals surface area contributed by atoms with E-state index >= 15 is 0 Å². The lowest BCUT2D eigenvalue weighted by atomic mass is 9.86. The van der Waals surface area contributed by atoms with E-state index in [4.69, 9.17) is 9.84 Å². The van der Waals surface area contributed by atoms with Gasteiger partial charge in [0, 0.05) is 18.6 Å². The van der Waals surface area contributed by atoms with E-state index in [1.165, 1.54) is 5.56 Å². The smallest absolute Gasteiger partial charge is 0.407 e. The van der Waals surface area contributed by atoms with E-state index in [0.29, 0.717) is 6.04 Å². The molecular formula is C17H26N2O3. The highest BCUT2D eigenvalue weighted by Gasteiger charge is 2.31. The summed E-state index contributed by atoms with van der Waals surface area (Å²) in [5, 5.41) is 15.4. The van der Waals surface area contributed by atoms with Gasteiger partial charge in [0.25, 0.3) is 0 Å². The number of aliphatic hydroxyl groups is 1. The Morgan fingerprint density at radius 1 is 1.18 bits per heavy atom. The highest BCUT2D eigenvalue weighted by atomic mass is 16.6. The standard InChI is InChI=1S/C17H26N2O3/c1-17(2,3)22-16(21)19-15-8-14(9-15)18-10-12-4-6-13(11-20)7-5-12/h4-7,14-15,18,20H,8-11H2,1-3H3,(H,19,21). The molecule has 1 aliphatic carbocycles. The average Bonchev–Trinajstić information content (AvgIpc) is 2.39. The highest BCUT2D eigenvalue weighted by Crippen LogP contribution is 2.21. The first-order valence-electron chi connectivity index (χ1n) is 7.77. The summed E-state index contributed by atoms with van der Waals surface area (Å²) in [6.45, 7) is 6.46. The summed E-state index contributed by atoms with van der Waals surface area (Å²) < 4.78 is 5.24. The topological polar surface area (TPSA) is 70.6 Å². The van der Waals surface area contributed by atoms with Crippen LogP contribution in [0.5, 0.6) is 0 Å². The van der Waals surface area contributed by atoms with Crippen molar-refractivity contribution in [2.45, 2.75) is 64.4 Å². The minimum atomic E-state index is -0.452. The molecule has 5 nitrogen and oxygen atoms in total. The summed E-state index contributed by atoms with van der Waals surface area (Å²) in [6, 6.07) is 8.54. The number of ether oxygens (including phenoxy) is 1. The lowest BCUT2D eigenvalue weighted by Gasteiger charge is -2.36. The van der Waals surface area contributed by atoms with Gasteiger partial charge in [-0.1, -0.05) is 24.3 Å². The van der Waals surface area contributed by atoms with Gasteiger partial charge in [0.2, 0.25) is 0 Å². The van der Waals surface area contributed by atoms with E-state index in [2.05, 4.69) is 10.6 Å². The summed E-state index contributed by atoms with van der Waals surface area (Å²) in [5.41, 5.74) is 1.67. The summed E-state index contributed by atoms with van der Waals surface area (Å²) in [5.74, 6) is 0. The second kappa shape index (κ2) is 7.11. The van der Waals surface area contributed by atoms with Gasteiger partial charge in [0.1, 0.15) is 5.60 Å². The average molecular weight is 306 g/mol. The van der Waals surface area contributed by atoms with Crippen LogP contribution in [0.25, 0.3) is 0 Å². The molecule has 1 aromatic carbocycles. The number of aliphatic hydroxyl groups excluding tert-OH is 1. The Labute approximate surface area is 132 Å². The molecule has 3 N–H and O–H groups in total. The van der Waals surface area contributed by atoms with Gasteiger partial charge < -0.3 is 20.5 Å². The van der Waals surface area contributed by atoms with Crippen molar-refractivity contribution in [1.82, 2.24) is 10.6 Å². The molecule has 0 atom stereocenters. The van der Waals surface area contributed by atoms with Crippen LogP contribution in [-0.2, 0) is 17.9 Å². The van der Waals surface area contributed by atoms with Crippen LogP contribution in [0.4, 0.5) is 4.79 Å². The summed E-state index contributed by atoms with van der Waals surface area (Å²) in [7, 11) is 0. The van der Waals surface area contributed by atoms with Gasteiger partial charge in [0.15, 0.2) is 0 Å². The number of carbonyl (C=O) groups is 1. The number of carbonyl (C=O) groups excluding carboxylic acids is 1. The molecule has 1 amide bonds. The molecule has 1 aliphatic rings. The highest BCUT2D eigenvalue weighted by molar-refractivity contribution is 5.68. The van der Waals surface area contributed by atoms with Gasteiger partial charge in [0.05, 0.1) is 6.61 Å². The van der Waals surface area contributed by atoms with Crippen molar-refractivity contribution in [3.63, 3.8) is 0 Å². The third kappa shape index (κ3) is 5.31. The van der Waals surface area contributed by atoms with Crippen LogP contribution in [0, 0.1) is 0 Å². The number of rotatable bonds is 5. The van der Waals surface area contributed by atoms with Crippen molar-refractivity contribution in [1.29, 1.82) is 0 Å². The molecule has 0 spiro atoms. The predicted octanol–water partition coefficient (Wildman–Crippen LogP) is 2.32. The van der Waals surface area contributed by atoms with Crippen LogP contribution in [-0.4, -0.2) is 28.9 Å². The second-order valence-corrected chi connectivity index (χ2v) is 6.87. The largest absolute Gasteiger partial charge is 0.444 e. The first-order valence-corrected chi connectivity index (χ1v) is 7.77. The maximum absolute atomic E-state index is 11.6. The molecule has 0 radical (unpaired) electrons. The van der Waals surface area contributed by atoms with Crippen LogP contribution < -0.4 is 10.6 Å². The Morgan fingerprint density at radius 3 is 2.32 bits per heavy atom. The third-order valence-corrected chi connectivity index (χ3v) is 3.66. The lowest BCUT2D eigenvalue weighted by molar-refractivity contribution is 0.0465. The molecule has 2 rings (SSSR count). The first-order chi connectivity index (χ1) is 10.4. The van der Waals surface area contributed by atoms with Gasteiger partial charge in [-0.25, -0.2) is 4.79 Å². The van der Waals surface area contributed by atoms with Crippen molar-refractivity contribution in [3.05, 3.63) is 35.4 Å². The summed E-state index contributed by atoms with van der Waals surface area (Å²) in [4.78, 5) is 11.6. The van der Waals surface area contributed by atoms with E-state index in [-0.39, 0.29) is 18.7 Å². The van der Waals surface area contributed by atoms with Crippen LogP contribution in [0.15, 0.2) is 24.3 Å². The van der Waals surface area contributed by atoms with Crippen molar-refractivity contribution in [3.8, 4) is 0 Å². The van der Waals surface area contributed by atoms with Gasteiger partial charge in [-0.15, -0.1) is 0 Å². The number of alkyl carbamates (subject to hydrolysis) is 1. The van der Waals surface area contributed by atoms with Crippen molar-refractivity contribution >= 4 is 6.09 Å². The molecule has 0 saturated heterocycles. The second-order valence-electron chi connectivity index (χ2n) is 6.87. The zero-order valence-corrected chi connectivity index (χ0v) is 13.6. The SMILES string of the molecule is CC(C)(C)OC(=O)NC1CC(NCc2ccc(CO)cc2)C1. The number of hydrogen-bond donors (Lipinski definition) is 3. The van der Waals surface area contributed by atoms with Crippen LogP contribution in [0.2, 0.25) is 0 Å². The third-order valence-electron chi connectivity index (χ3n) is 3.66. The zero-order chi connectivity index (χ0) is 16.2. The minimum absolute atomic E-state index is 0.0777. The molecule has 5 heteroatoms. The van der Waals surface area contributed by atoms with Crippen LogP contribution in [0.3, 0.4) is 0 Å². The summed E-state index contributed by atoms with van der Waals surface area (Å²) >= 11 is 0. The van der Waals surface area contributed by atoms with Gasteiger partial charge in [-0.05, 0) is 44.7 Å². The zero-order valence-electron chi connectivity index (χ0n) is 13.6. The number of hydrogen-bond acceptors (Lipinski definition) is 4. The molecule has 0 aliphatic heterocycles. The molecule has 1 fully saturated rings. The fraction of sp³-hybridized carbons (Fsp3) is 0.588. The number of benzene rings is 1. The Kier molecular flexibility index (Phi) is 5.42. The normalized spacial score (nSPS) is 21.1. The molecule has 122 valence electrons. The van der Waals surface area contributed by atoms with E-state index in [0.717, 1.165) is 24.9 Å². The summed E-state index contributed by atoms with van der Waals surface area (Å²) in [6.07, 6.45) is 1.51. The van der Waals surface area contributed by atoms with Crippen molar-refractivity contribution in [2.24, 2.45) is 0 Å². The van der Waals surface area contributed by atoms with Crippen molar-refractivity contribution < 1.29 is 14.6 Å². The Bertz CT molecular complexity index is 488. The van der Waals surface area contributed by atoms with E-state index < -0.39 is 5.60 Å². The van der Waals surface area contributed by atoms with Gasteiger partial charge in [-0.2, -0.15) is 0 Å². The fourth-order valence-corrected chi connectivity index (χ4v) is 2.40. The predicted molar refractivity (Wildman–Crippen MR) is 85.4 cm³/mol. The minimum Gasteiger partial charge on any atom is -0.444 e. The maximum atomic E-state index is 11.6. The van der Waals surface area contributed by atoms with E-state index in [1.807, 2.05) is 45.0 Å².